The van der Waals surface area contributed by atoms with Gasteiger partial charge < -0.3 is 10.5 Å². The molecule has 1 amide bonds. The van der Waals surface area contributed by atoms with Crippen molar-refractivity contribution in [2.45, 2.75) is 39.2 Å². The molecule has 2 N–H and O–H groups in total. The summed E-state index contributed by atoms with van der Waals surface area (Å²) in [6.07, 6.45) is 2.08. The number of likely N-dealkylation sites (tertiary alicyclic amines) is 1. The summed E-state index contributed by atoms with van der Waals surface area (Å²) in [6.45, 7) is 4.89. The Morgan fingerprint density at radius 3 is 2.73 bits per heavy atom. The van der Waals surface area contributed by atoms with Gasteiger partial charge in [0.15, 0.2) is 5.78 Å². The maximum atomic E-state index is 12.7. The SMILES string of the molecule is CC(C)COC(=O)N1CCCC[C@@H]1C(=O)c1ccccc1N. The number of carbonyl (C=O) groups is 2. The molecule has 1 aliphatic heterocycles. The van der Waals surface area contributed by atoms with Crippen LogP contribution < -0.4 is 5.73 Å². The molecule has 1 fully saturated rings. The largest absolute Gasteiger partial charge is 0.449 e. The Balaban J connectivity index is 2.14. The third kappa shape index (κ3) is 3.78. The van der Waals surface area contributed by atoms with Gasteiger partial charge >= 0.3 is 6.09 Å². The minimum Gasteiger partial charge on any atom is -0.449 e. The van der Waals surface area contributed by atoms with Gasteiger partial charge in [0.25, 0.3) is 0 Å². The van der Waals surface area contributed by atoms with Crippen molar-refractivity contribution in [1.82, 2.24) is 4.90 Å². The van der Waals surface area contributed by atoms with Crippen molar-refractivity contribution in [1.29, 1.82) is 0 Å². The van der Waals surface area contributed by atoms with E-state index in [0.29, 0.717) is 30.8 Å². The first kappa shape index (κ1) is 16.3. The molecule has 0 aromatic heterocycles. The predicted octanol–water partition coefficient (Wildman–Crippen LogP) is 3.10. The van der Waals surface area contributed by atoms with Crippen LogP contribution in [-0.4, -0.2) is 36.0 Å². The molecule has 0 bridgehead atoms. The third-order valence-electron chi connectivity index (χ3n) is 3.81. The van der Waals surface area contributed by atoms with Crippen LogP contribution in [0.3, 0.4) is 0 Å². The summed E-state index contributed by atoms with van der Waals surface area (Å²) in [5, 5.41) is 0. The molecule has 0 spiro atoms. The minimum absolute atomic E-state index is 0.0979. The highest BCUT2D eigenvalue weighted by Crippen LogP contribution is 2.24. The number of ether oxygens (including phenoxy) is 1. The van der Waals surface area contributed by atoms with Gasteiger partial charge in [0, 0.05) is 17.8 Å². The molecule has 0 aliphatic carbocycles. The second-order valence-electron chi connectivity index (χ2n) is 6.13. The van der Waals surface area contributed by atoms with Gasteiger partial charge in [-0.3, -0.25) is 9.69 Å². The molecular weight excluding hydrogens is 280 g/mol. The summed E-state index contributed by atoms with van der Waals surface area (Å²) < 4.78 is 5.29. The van der Waals surface area contributed by atoms with Crippen LogP contribution >= 0.6 is 0 Å². The lowest BCUT2D eigenvalue weighted by molar-refractivity contribution is 0.0551. The van der Waals surface area contributed by atoms with Gasteiger partial charge in [-0.05, 0) is 37.3 Å². The van der Waals surface area contributed by atoms with Crippen molar-refractivity contribution >= 4 is 17.6 Å². The van der Waals surface area contributed by atoms with E-state index in [4.69, 9.17) is 10.5 Å². The van der Waals surface area contributed by atoms with Crippen molar-refractivity contribution in [3.63, 3.8) is 0 Å². The number of Topliss-reactive ketones (excluding diaryl/α,β-unsaturated/α-hetero) is 1. The number of carbonyl (C=O) groups excluding carboxylic acids is 2. The zero-order valence-corrected chi connectivity index (χ0v) is 13.2. The normalized spacial score (nSPS) is 18.3. The molecule has 0 radical (unpaired) electrons. The maximum absolute atomic E-state index is 12.7. The van der Waals surface area contributed by atoms with Gasteiger partial charge in [-0.15, -0.1) is 0 Å². The quantitative estimate of drug-likeness (QED) is 0.685. The van der Waals surface area contributed by atoms with Gasteiger partial charge in [-0.1, -0.05) is 26.0 Å². The molecule has 0 saturated carbocycles. The highest BCUT2D eigenvalue weighted by atomic mass is 16.6. The lowest BCUT2D eigenvalue weighted by atomic mass is 9.94. The van der Waals surface area contributed by atoms with E-state index >= 15 is 0 Å². The second kappa shape index (κ2) is 7.29. The van der Waals surface area contributed by atoms with Crippen LogP contribution in [0.25, 0.3) is 0 Å². The molecule has 1 aromatic rings. The maximum Gasteiger partial charge on any atom is 0.410 e. The molecule has 1 saturated heterocycles. The van der Waals surface area contributed by atoms with Crippen LogP contribution in [0.15, 0.2) is 24.3 Å². The molecule has 5 nitrogen and oxygen atoms in total. The van der Waals surface area contributed by atoms with Crippen molar-refractivity contribution in [2.24, 2.45) is 5.92 Å². The number of hydrogen-bond donors (Lipinski definition) is 1. The Morgan fingerprint density at radius 2 is 2.05 bits per heavy atom. The zero-order chi connectivity index (χ0) is 16.1. The van der Waals surface area contributed by atoms with Gasteiger partial charge in [0.2, 0.25) is 0 Å². The van der Waals surface area contributed by atoms with E-state index < -0.39 is 12.1 Å². The number of nitrogens with zero attached hydrogens (tertiary/aromatic N) is 1. The average molecular weight is 304 g/mol. The Kier molecular flexibility index (Phi) is 5.41. The summed E-state index contributed by atoms with van der Waals surface area (Å²) >= 11 is 0. The van der Waals surface area contributed by atoms with Crippen LogP contribution in [0.4, 0.5) is 10.5 Å². The van der Waals surface area contributed by atoms with Crippen LogP contribution in [0.2, 0.25) is 0 Å². The smallest absolute Gasteiger partial charge is 0.410 e. The van der Waals surface area contributed by atoms with Gasteiger partial charge in [-0.2, -0.15) is 0 Å². The first-order chi connectivity index (χ1) is 10.5. The molecule has 5 heteroatoms. The summed E-state index contributed by atoms with van der Waals surface area (Å²) in [4.78, 5) is 26.6. The average Bonchev–Trinajstić information content (AvgIpc) is 2.52. The fraction of sp³-hybridized carbons (Fsp3) is 0.529. The number of piperidine rings is 1. The summed E-state index contributed by atoms with van der Waals surface area (Å²) in [5.41, 5.74) is 6.83. The first-order valence-electron chi connectivity index (χ1n) is 7.82. The number of nitrogens with two attached hydrogens (primary N) is 1. The Hall–Kier alpha value is -2.04. The molecular formula is C17H24N2O3. The first-order valence-corrected chi connectivity index (χ1v) is 7.82. The number of amides is 1. The van der Waals surface area contributed by atoms with E-state index in [9.17, 15) is 9.59 Å². The summed E-state index contributed by atoms with van der Waals surface area (Å²) in [5.74, 6) is 0.173. The van der Waals surface area contributed by atoms with Gasteiger partial charge in [-0.25, -0.2) is 4.79 Å². The Bertz CT molecular complexity index is 542. The van der Waals surface area contributed by atoms with Crippen LogP contribution in [-0.2, 0) is 4.74 Å². The molecule has 1 atom stereocenters. The van der Waals surface area contributed by atoms with E-state index in [0.717, 1.165) is 12.8 Å². The Morgan fingerprint density at radius 1 is 1.32 bits per heavy atom. The number of hydrogen-bond acceptors (Lipinski definition) is 4. The molecule has 2 rings (SSSR count). The Labute approximate surface area is 131 Å². The zero-order valence-electron chi connectivity index (χ0n) is 13.2. The predicted molar refractivity (Wildman–Crippen MR) is 85.7 cm³/mol. The lowest BCUT2D eigenvalue weighted by Crippen LogP contribution is -2.48. The number of nitrogen functional groups attached to an aromatic ring is 1. The lowest BCUT2D eigenvalue weighted by Gasteiger charge is -2.34. The molecule has 1 aromatic carbocycles. The van der Waals surface area contributed by atoms with E-state index in [1.54, 1.807) is 29.2 Å². The molecule has 0 unspecified atom stereocenters. The van der Waals surface area contributed by atoms with Gasteiger partial charge in [0.05, 0.1) is 12.6 Å². The van der Waals surface area contributed by atoms with Crippen LogP contribution in [0.5, 0.6) is 0 Å². The molecule has 1 aliphatic rings. The van der Waals surface area contributed by atoms with Crippen LogP contribution in [0.1, 0.15) is 43.5 Å². The third-order valence-corrected chi connectivity index (χ3v) is 3.81. The van der Waals surface area contributed by atoms with Crippen molar-refractivity contribution < 1.29 is 14.3 Å². The fourth-order valence-electron chi connectivity index (χ4n) is 2.64. The number of benzene rings is 1. The van der Waals surface area contributed by atoms with E-state index in [1.165, 1.54) is 0 Å². The van der Waals surface area contributed by atoms with Crippen LogP contribution in [0, 0.1) is 5.92 Å². The fourth-order valence-corrected chi connectivity index (χ4v) is 2.64. The summed E-state index contributed by atoms with van der Waals surface area (Å²) in [6, 6.07) is 6.52. The summed E-state index contributed by atoms with van der Waals surface area (Å²) in [7, 11) is 0. The van der Waals surface area contributed by atoms with Crippen molar-refractivity contribution in [3.8, 4) is 0 Å². The number of anilines is 1. The van der Waals surface area contributed by atoms with Gasteiger partial charge in [0.1, 0.15) is 0 Å². The molecule has 120 valence electrons. The topological polar surface area (TPSA) is 72.6 Å². The highest BCUT2D eigenvalue weighted by Gasteiger charge is 2.34. The molecule has 22 heavy (non-hydrogen) atoms. The number of ketones is 1. The minimum atomic E-state index is -0.474. The number of para-hydroxylation sites is 1. The van der Waals surface area contributed by atoms with E-state index in [1.807, 2.05) is 13.8 Å². The van der Waals surface area contributed by atoms with E-state index in [-0.39, 0.29) is 11.7 Å². The van der Waals surface area contributed by atoms with Crippen molar-refractivity contribution in [2.75, 3.05) is 18.9 Å². The van der Waals surface area contributed by atoms with E-state index in [2.05, 4.69) is 0 Å². The monoisotopic (exact) mass is 304 g/mol. The van der Waals surface area contributed by atoms with Crippen molar-refractivity contribution in [3.05, 3.63) is 29.8 Å². The highest BCUT2D eigenvalue weighted by molar-refractivity contribution is 6.05. The second-order valence-corrected chi connectivity index (χ2v) is 6.13. The molecule has 1 heterocycles. The standard InChI is InChI=1S/C17H24N2O3/c1-12(2)11-22-17(21)19-10-6-5-9-15(19)16(20)13-7-3-4-8-14(13)18/h3-4,7-8,12,15H,5-6,9-11,18H2,1-2H3/t15-/m1/s1. The number of rotatable bonds is 4.